The van der Waals surface area contributed by atoms with Gasteiger partial charge in [-0.05, 0) is 36.1 Å². The highest BCUT2D eigenvalue weighted by Crippen LogP contribution is 2.31. The second-order valence-corrected chi connectivity index (χ2v) is 4.96. The zero-order valence-corrected chi connectivity index (χ0v) is 11.9. The fourth-order valence-electron chi connectivity index (χ4n) is 2.52. The molecule has 1 aromatic heterocycles. The van der Waals surface area contributed by atoms with Crippen molar-refractivity contribution in [2.45, 2.75) is 12.8 Å². The number of benzene rings is 1. The van der Waals surface area contributed by atoms with Crippen molar-refractivity contribution >= 4 is 17.4 Å². The van der Waals surface area contributed by atoms with Gasteiger partial charge in [-0.15, -0.1) is 0 Å². The number of aryl methyl sites for hydroxylation is 1. The molecule has 0 bridgehead atoms. The zero-order chi connectivity index (χ0) is 15.5. The normalized spacial score (nSPS) is 13.0. The summed E-state index contributed by atoms with van der Waals surface area (Å²) >= 11 is 0. The molecule has 22 heavy (non-hydrogen) atoms. The second kappa shape index (κ2) is 5.77. The van der Waals surface area contributed by atoms with E-state index < -0.39 is 5.91 Å². The van der Waals surface area contributed by atoms with Crippen LogP contribution in [0.5, 0.6) is 0 Å². The van der Waals surface area contributed by atoms with Crippen molar-refractivity contribution in [3.63, 3.8) is 0 Å². The number of nitrogens with two attached hydrogens (primary N) is 2. The summed E-state index contributed by atoms with van der Waals surface area (Å²) in [5.74, 6) is -0.695. The molecule has 4 N–H and O–H groups in total. The van der Waals surface area contributed by atoms with E-state index >= 15 is 0 Å². The van der Waals surface area contributed by atoms with Gasteiger partial charge in [-0.3, -0.25) is 14.8 Å². The van der Waals surface area contributed by atoms with E-state index in [9.17, 15) is 4.79 Å². The van der Waals surface area contributed by atoms with Crippen LogP contribution in [0.2, 0.25) is 0 Å². The Bertz CT molecular complexity index is 776. The summed E-state index contributed by atoms with van der Waals surface area (Å²) in [6.45, 7) is 0. The third-order valence-corrected chi connectivity index (χ3v) is 3.48. The van der Waals surface area contributed by atoms with Crippen LogP contribution in [0.3, 0.4) is 0 Å². The standard InChI is InChI=1S/C16H15N5O/c17-16(18)21-15(22)11-5-4-10-2-1-3-12(13(10)8-11)14-9-19-6-7-20-14/h3-9H,1-2H2,(H4,17,18,21,22). The monoisotopic (exact) mass is 293 g/mol. The summed E-state index contributed by atoms with van der Waals surface area (Å²) in [6.07, 6.45) is 8.97. The number of allylic oxidation sites excluding steroid dienone is 1. The van der Waals surface area contributed by atoms with E-state index in [4.69, 9.17) is 11.5 Å². The molecule has 0 radical (unpaired) electrons. The second-order valence-electron chi connectivity index (χ2n) is 4.96. The van der Waals surface area contributed by atoms with E-state index in [-0.39, 0.29) is 5.96 Å². The number of amides is 1. The fraction of sp³-hybridized carbons (Fsp3) is 0.125. The molecule has 3 rings (SSSR count). The van der Waals surface area contributed by atoms with E-state index in [0.717, 1.165) is 29.7 Å². The highest BCUT2D eigenvalue weighted by Gasteiger charge is 2.17. The average molecular weight is 293 g/mol. The minimum atomic E-state index is -0.452. The first-order valence-corrected chi connectivity index (χ1v) is 6.89. The summed E-state index contributed by atoms with van der Waals surface area (Å²) in [5.41, 5.74) is 14.9. The van der Waals surface area contributed by atoms with Crippen LogP contribution in [0.1, 0.15) is 33.6 Å². The van der Waals surface area contributed by atoms with E-state index in [1.165, 1.54) is 5.56 Å². The van der Waals surface area contributed by atoms with Gasteiger partial charge in [0.1, 0.15) is 0 Å². The number of fused-ring (bicyclic) bond motifs is 1. The van der Waals surface area contributed by atoms with E-state index in [0.29, 0.717) is 5.56 Å². The molecule has 0 fully saturated rings. The minimum absolute atomic E-state index is 0.243. The van der Waals surface area contributed by atoms with Gasteiger partial charge in [-0.1, -0.05) is 12.1 Å². The number of hydrogen-bond acceptors (Lipinski definition) is 3. The van der Waals surface area contributed by atoms with Crippen LogP contribution in [0.4, 0.5) is 0 Å². The molecule has 0 unspecified atom stereocenters. The van der Waals surface area contributed by atoms with Gasteiger partial charge in [0.15, 0.2) is 5.96 Å². The maximum atomic E-state index is 12.0. The fourth-order valence-corrected chi connectivity index (χ4v) is 2.52. The van der Waals surface area contributed by atoms with Crippen LogP contribution in [0.25, 0.3) is 5.57 Å². The van der Waals surface area contributed by atoms with Crippen LogP contribution in [-0.4, -0.2) is 21.8 Å². The predicted molar refractivity (Wildman–Crippen MR) is 84.0 cm³/mol. The molecule has 0 spiro atoms. The molecule has 2 aromatic rings. The van der Waals surface area contributed by atoms with Crippen LogP contribution in [-0.2, 0) is 6.42 Å². The van der Waals surface area contributed by atoms with Gasteiger partial charge >= 0.3 is 0 Å². The van der Waals surface area contributed by atoms with E-state index in [1.807, 2.05) is 12.1 Å². The topological polar surface area (TPSA) is 107 Å². The van der Waals surface area contributed by atoms with Crippen molar-refractivity contribution in [2.75, 3.05) is 0 Å². The minimum Gasteiger partial charge on any atom is -0.370 e. The van der Waals surface area contributed by atoms with Gasteiger partial charge in [0.25, 0.3) is 5.91 Å². The van der Waals surface area contributed by atoms with Crippen molar-refractivity contribution < 1.29 is 4.79 Å². The molecule has 6 heteroatoms. The van der Waals surface area contributed by atoms with Crippen molar-refractivity contribution in [1.82, 2.24) is 9.97 Å². The Morgan fingerprint density at radius 3 is 2.82 bits per heavy atom. The Kier molecular flexibility index (Phi) is 3.65. The Morgan fingerprint density at radius 2 is 2.09 bits per heavy atom. The Hall–Kier alpha value is -3.02. The first kappa shape index (κ1) is 13.9. The van der Waals surface area contributed by atoms with Gasteiger partial charge in [-0.2, -0.15) is 4.99 Å². The zero-order valence-electron chi connectivity index (χ0n) is 11.9. The summed E-state index contributed by atoms with van der Waals surface area (Å²) in [7, 11) is 0. The van der Waals surface area contributed by atoms with Crippen molar-refractivity contribution in [2.24, 2.45) is 16.5 Å². The van der Waals surface area contributed by atoms with Gasteiger partial charge in [0.05, 0.1) is 11.9 Å². The maximum absolute atomic E-state index is 12.0. The lowest BCUT2D eigenvalue weighted by Crippen LogP contribution is -2.24. The molecular weight excluding hydrogens is 278 g/mol. The lowest BCUT2D eigenvalue weighted by Gasteiger charge is -2.18. The summed E-state index contributed by atoms with van der Waals surface area (Å²) in [5, 5.41) is 0. The van der Waals surface area contributed by atoms with Crippen LogP contribution >= 0.6 is 0 Å². The molecule has 1 aliphatic rings. The van der Waals surface area contributed by atoms with Gasteiger partial charge in [0.2, 0.25) is 0 Å². The SMILES string of the molecule is NC(N)=NC(=O)c1ccc2c(c1)C(c1cnccn1)=CCC2. The number of carbonyl (C=O) groups is 1. The Balaban J connectivity index is 2.06. The molecule has 0 aliphatic heterocycles. The summed E-state index contributed by atoms with van der Waals surface area (Å²) < 4.78 is 0. The van der Waals surface area contributed by atoms with Gasteiger partial charge in [-0.25, -0.2) is 0 Å². The summed E-state index contributed by atoms with van der Waals surface area (Å²) in [4.78, 5) is 24.0. The van der Waals surface area contributed by atoms with E-state index in [2.05, 4.69) is 21.0 Å². The smallest absolute Gasteiger partial charge is 0.280 e. The number of aromatic nitrogens is 2. The molecule has 6 nitrogen and oxygen atoms in total. The molecule has 0 saturated heterocycles. The molecule has 1 amide bonds. The highest BCUT2D eigenvalue weighted by atomic mass is 16.1. The van der Waals surface area contributed by atoms with Crippen LogP contribution < -0.4 is 11.5 Å². The number of carbonyl (C=O) groups excluding carboxylic acids is 1. The number of hydrogen-bond donors (Lipinski definition) is 2. The number of rotatable bonds is 2. The first-order chi connectivity index (χ1) is 10.6. The Morgan fingerprint density at radius 1 is 1.23 bits per heavy atom. The molecule has 1 aliphatic carbocycles. The molecule has 0 atom stereocenters. The van der Waals surface area contributed by atoms with Crippen molar-refractivity contribution in [3.8, 4) is 0 Å². The number of aliphatic imine (C=N–C) groups is 1. The first-order valence-electron chi connectivity index (χ1n) is 6.89. The molecule has 1 aromatic carbocycles. The molecular formula is C16H15N5O. The van der Waals surface area contributed by atoms with Crippen LogP contribution in [0, 0.1) is 0 Å². The van der Waals surface area contributed by atoms with Crippen LogP contribution in [0.15, 0.2) is 47.9 Å². The average Bonchev–Trinajstić information content (AvgIpc) is 2.54. The van der Waals surface area contributed by atoms with Gasteiger partial charge < -0.3 is 11.5 Å². The lowest BCUT2D eigenvalue weighted by molar-refractivity contribution is 0.100. The predicted octanol–water partition coefficient (Wildman–Crippen LogP) is 1.27. The highest BCUT2D eigenvalue weighted by molar-refractivity contribution is 6.02. The van der Waals surface area contributed by atoms with Crippen molar-refractivity contribution in [1.29, 1.82) is 0 Å². The largest absolute Gasteiger partial charge is 0.370 e. The summed E-state index contributed by atoms with van der Waals surface area (Å²) in [6, 6.07) is 5.49. The molecule has 0 saturated carbocycles. The third-order valence-electron chi connectivity index (χ3n) is 3.48. The van der Waals surface area contributed by atoms with E-state index in [1.54, 1.807) is 24.7 Å². The Labute approximate surface area is 127 Å². The number of guanidine groups is 1. The quantitative estimate of drug-likeness (QED) is 0.640. The maximum Gasteiger partial charge on any atom is 0.280 e. The molecule has 110 valence electrons. The third kappa shape index (κ3) is 2.71. The van der Waals surface area contributed by atoms with Gasteiger partial charge in [0, 0.05) is 23.5 Å². The molecule has 1 heterocycles. The lowest BCUT2D eigenvalue weighted by atomic mass is 9.88. The number of nitrogens with zero attached hydrogens (tertiary/aromatic N) is 3. The van der Waals surface area contributed by atoms with Crippen molar-refractivity contribution in [3.05, 3.63) is 65.2 Å².